The second kappa shape index (κ2) is 9.04. The van der Waals surface area contributed by atoms with Gasteiger partial charge in [-0.2, -0.15) is 0 Å². The Kier molecular flexibility index (Phi) is 6.26. The number of pyridine rings is 2. The molecule has 152 valence electrons. The van der Waals surface area contributed by atoms with Gasteiger partial charge in [0.1, 0.15) is 11.5 Å². The van der Waals surface area contributed by atoms with Crippen LogP contribution in [-0.4, -0.2) is 27.1 Å². The number of anilines is 1. The molecule has 0 radical (unpaired) electrons. The smallest absolute Gasteiger partial charge is 0.211 e. The highest BCUT2D eigenvalue weighted by atomic mass is 19.1. The molecule has 3 heterocycles. The molecule has 2 N–H and O–H groups in total. The fraction of sp³-hybridized carbons (Fsp3) is 0.0909. The van der Waals surface area contributed by atoms with Gasteiger partial charge in [0.05, 0.1) is 11.3 Å². The number of ketones is 1. The number of amides is 1. The summed E-state index contributed by atoms with van der Waals surface area (Å²) in [6.45, 7) is 4.00. The van der Waals surface area contributed by atoms with E-state index in [-0.39, 0.29) is 17.7 Å². The first kappa shape index (κ1) is 20.8. The van der Waals surface area contributed by atoms with Gasteiger partial charge >= 0.3 is 0 Å². The Morgan fingerprint density at radius 3 is 2.63 bits per heavy atom. The molecule has 6 nitrogen and oxygen atoms in total. The zero-order valence-corrected chi connectivity index (χ0v) is 16.2. The average molecular weight is 408 g/mol. The topological polar surface area (TPSA) is 87.7 Å². The molecule has 0 saturated heterocycles. The average Bonchev–Trinajstić information content (AvgIpc) is 3.21. The van der Waals surface area contributed by atoms with Crippen LogP contribution in [0.4, 0.5) is 14.5 Å². The zero-order valence-electron chi connectivity index (χ0n) is 16.2. The summed E-state index contributed by atoms with van der Waals surface area (Å²) in [5, 5.41) is 2.53. The van der Waals surface area contributed by atoms with Crippen LogP contribution in [0, 0.1) is 11.6 Å². The molecule has 4 aromatic rings. The summed E-state index contributed by atoms with van der Waals surface area (Å²) in [7, 11) is 0. The van der Waals surface area contributed by atoms with Crippen molar-refractivity contribution in [2.24, 2.45) is 0 Å². The van der Waals surface area contributed by atoms with Gasteiger partial charge in [-0.05, 0) is 24.3 Å². The number of carbonyl (C=O) groups excluding carboxylic acids is 2. The number of nitrogens with one attached hydrogen (secondary N) is 2. The number of aromatic amines is 1. The van der Waals surface area contributed by atoms with Crippen LogP contribution in [-0.2, 0) is 4.79 Å². The molecule has 3 aromatic heterocycles. The third-order valence-electron chi connectivity index (χ3n) is 4.30. The summed E-state index contributed by atoms with van der Waals surface area (Å²) < 4.78 is 28.8. The van der Waals surface area contributed by atoms with Crippen LogP contribution in [0.15, 0.2) is 55.1 Å². The molecule has 0 fully saturated rings. The predicted molar refractivity (Wildman–Crippen MR) is 110 cm³/mol. The number of H-pyrrole nitrogens is 1. The highest BCUT2D eigenvalue weighted by Crippen LogP contribution is 2.28. The van der Waals surface area contributed by atoms with Crippen LogP contribution in [0.1, 0.15) is 29.8 Å². The normalized spacial score (nSPS) is 10.3. The molecule has 30 heavy (non-hydrogen) atoms. The van der Waals surface area contributed by atoms with E-state index >= 15 is 0 Å². The Hall–Kier alpha value is -3.94. The van der Waals surface area contributed by atoms with Crippen LogP contribution >= 0.6 is 0 Å². The van der Waals surface area contributed by atoms with E-state index in [1.54, 1.807) is 30.7 Å². The summed E-state index contributed by atoms with van der Waals surface area (Å²) in [5.74, 6) is -3.02. The Morgan fingerprint density at radius 2 is 1.93 bits per heavy atom. The van der Waals surface area contributed by atoms with Gasteiger partial charge in [0.15, 0.2) is 5.82 Å². The maximum absolute atomic E-state index is 14.6. The minimum absolute atomic E-state index is 0.0642. The molecule has 1 amide bonds. The Morgan fingerprint density at radius 1 is 1.13 bits per heavy atom. The molecule has 0 unspecified atom stereocenters. The number of benzene rings is 1. The minimum atomic E-state index is -1.14. The van der Waals surface area contributed by atoms with Gasteiger partial charge in [0, 0.05) is 46.9 Å². The first-order chi connectivity index (χ1) is 14.6. The van der Waals surface area contributed by atoms with Crippen molar-refractivity contribution in [2.75, 3.05) is 5.32 Å². The second-order valence-corrected chi connectivity index (χ2v) is 5.94. The van der Waals surface area contributed by atoms with Gasteiger partial charge < -0.3 is 10.3 Å². The van der Waals surface area contributed by atoms with Crippen LogP contribution in [0.5, 0.6) is 0 Å². The molecular formula is C22H18F2N4O2. The molecule has 0 saturated carbocycles. The number of carbonyl (C=O) groups is 2. The maximum Gasteiger partial charge on any atom is 0.211 e. The van der Waals surface area contributed by atoms with E-state index in [4.69, 9.17) is 0 Å². The van der Waals surface area contributed by atoms with E-state index in [0.29, 0.717) is 16.6 Å². The number of fused-ring (bicyclic) bond motifs is 1. The fourth-order valence-electron chi connectivity index (χ4n) is 2.95. The standard InChI is InChI=1S/C20H12F2N4O2.C2H6/c21-15-3-4-16(26-10-27)18(22)17(15)19(28)14-9-25-20-13(14)6-12(8-24-20)11-2-1-5-23-7-11;1-2/h1-10H,(H,24,25)(H,26,27);1-2H3. The van der Waals surface area contributed by atoms with Gasteiger partial charge in [0.25, 0.3) is 0 Å². The van der Waals surface area contributed by atoms with Crippen molar-refractivity contribution in [1.82, 2.24) is 15.0 Å². The van der Waals surface area contributed by atoms with Crippen molar-refractivity contribution < 1.29 is 18.4 Å². The molecule has 0 spiro atoms. The molecule has 0 aliphatic carbocycles. The maximum atomic E-state index is 14.6. The first-order valence-electron chi connectivity index (χ1n) is 9.20. The van der Waals surface area contributed by atoms with Gasteiger partial charge in [-0.1, -0.05) is 19.9 Å². The SMILES string of the molecule is CC.O=CNc1ccc(F)c(C(=O)c2c[nH]c3ncc(-c4cccnc4)cc23)c1F. The fourth-order valence-corrected chi connectivity index (χ4v) is 2.95. The highest BCUT2D eigenvalue weighted by Gasteiger charge is 2.24. The second-order valence-electron chi connectivity index (χ2n) is 5.94. The molecule has 4 rings (SSSR count). The van der Waals surface area contributed by atoms with Gasteiger partial charge in [-0.3, -0.25) is 14.6 Å². The van der Waals surface area contributed by atoms with Crippen LogP contribution in [0.3, 0.4) is 0 Å². The number of halogens is 2. The summed E-state index contributed by atoms with van der Waals surface area (Å²) in [6, 6.07) is 7.27. The number of hydrogen-bond donors (Lipinski definition) is 2. The summed E-state index contributed by atoms with van der Waals surface area (Å²) >= 11 is 0. The number of nitrogens with zero attached hydrogens (tertiary/aromatic N) is 2. The van der Waals surface area contributed by atoms with Crippen molar-refractivity contribution in [3.05, 3.63) is 77.9 Å². The molecular weight excluding hydrogens is 390 g/mol. The van der Waals surface area contributed by atoms with E-state index in [9.17, 15) is 18.4 Å². The third-order valence-corrected chi connectivity index (χ3v) is 4.30. The summed E-state index contributed by atoms with van der Waals surface area (Å²) in [4.78, 5) is 34.6. The van der Waals surface area contributed by atoms with Gasteiger partial charge in [-0.15, -0.1) is 0 Å². The Bertz CT molecular complexity index is 1210. The van der Waals surface area contributed by atoms with Crippen LogP contribution in [0.25, 0.3) is 22.2 Å². The third kappa shape index (κ3) is 3.80. The van der Waals surface area contributed by atoms with E-state index in [1.165, 1.54) is 6.20 Å². The summed E-state index contributed by atoms with van der Waals surface area (Å²) in [5.41, 5.74) is 0.916. The molecule has 8 heteroatoms. The van der Waals surface area contributed by atoms with E-state index in [2.05, 4.69) is 20.3 Å². The van der Waals surface area contributed by atoms with Crippen molar-refractivity contribution in [3.63, 3.8) is 0 Å². The lowest BCUT2D eigenvalue weighted by molar-refractivity contribution is -0.105. The first-order valence-corrected chi connectivity index (χ1v) is 9.20. The number of aromatic nitrogens is 3. The van der Waals surface area contributed by atoms with Crippen molar-refractivity contribution in [3.8, 4) is 11.1 Å². The van der Waals surface area contributed by atoms with Crippen molar-refractivity contribution in [2.45, 2.75) is 13.8 Å². The minimum Gasteiger partial charge on any atom is -0.345 e. The molecule has 0 bridgehead atoms. The lowest BCUT2D eigenvalue weighted by atomic mass is 10.00. The zero-order chi connectivity index (χ0) is 21.7. The van der Waals surface area contributed by atoms with E-state index in [0.717, 1.165) is 17.7 Å². The predicted octanol–water partition coefficient (Wildman–Crippen LogP) is 4.73. The van der Waals surface area contributed by atoms with Gasteiger partial charge in [0.2, 0.25) is 12.2 Å². The van der Waals surface area contributed by atoms with Crippen molar-refractivity contribution >= 4 is 28.9 Å². The lowest BCUT2D eigenvalue weighted by Crippen LogP contribution is -2.10. The Labute approximate surface area is 171 Å². The van der Waals surface area contributed by atoms with E-state index in [1.807, 2.05) is 19.9 Å². The molecule has 0 aliphatic rings. The van der Waals surface area contributed by atoms with E-state index < -0.39 is 23.0 Å². The largest absolute Gasteiger partial charge is 0.345 e. The molecule has 0 atom stereocenters. The molecule has 0 aliphatic heterocycles. The quantitative estimate of drug-likeness (QED) is 0.369. The van der Waals surface area contributed by atoms with Crippen molar-refractivity contribution in [1.29, 1.82) is 0 Å². The monoisotopic (exact) mass is 408 g/mol. The van der Waals surface area contributed by atoms with Crippen LogP contribution < -0.4 is 5.32 Å². The lowest BCUT2D eigenvalue weighted by Gasteiger charge is -2.08. The van der Waals surface area contributed by atoms with Gasteiger partial charge in [-0.25, -0.2) is 13.8 Å². The summed E-state index contributed by atoms with van der Waals surface area (Å²) in [6.07, 6.45) is 6.49. The highest BCUT2D eigenvalue weighted by molar-refractivity contribution is 6.17. The number of rotatable bonds is 5. The van der Waals surface area contributed by atoms with Crippen LogP contribution in [0.2, 0.25) is 0 Å². The number of hydrogen-bond acceptors (Lipinski definition) is 4. The Balaban J connectivity index is 0.00000124. The molecule has 1 aromatic carbocycles.